The molecular formula is C13H17BrN4O. The van der Waals surface area contributed by atoms with Crippen LogP contribution < -0.4 is 16.0 Å². The molecule has 0 saturated carbocycles. The number of nitrogens with one attached hydrogen (secondary N) is 3. The molecule has 3 N–H and O–H groups in total. The number of hydrogen-bond donors (Lipinski definition) is 3. The molecule has 0 radical (unpaired) electrons. The molecule has 1 amide bonds. The van der Waals surface area contributed by atoms with Crippen LogP contribution in [0.5, 0.6) is 0 Å². The molecule has 0 unspecified atom stereocenters. The van der Waals surface area contributed by atoms with Gasteiger partial charge in [0, 0.05) is 36.2 Å². The number of rotatable bonds is 4. The zero-order chi connectivity index (χ0) is 13.5. The quantitative estimate of drug-likeness (QED) is 0.727. The van der Waals surface area contributed by atoms with Crippen LogP contribution >= 0.6 is 15.9 Å². The highest BCUT2D eigenvalue weighted by molar-refractivity contribution is 9.10. The van der Waals surface area contributed by atoms with E-state index < -0.39 is 0 Å². The summed E-state index contributed by atoms with van der Waals surface area (Å²) in [5, 5.41) is 9.18. The molecule has 19 heavy (non-hydrogen) atoms. The summed E-state index contributed by atoms with van der Waals surface area (Å²) < 4.78 is 0.902. The third-order valence-corrected chi connectivity index (χ3v) is 3.18. The van der Waals surface area contributed by atoms with E-state index in [0.717, 1.165) is 29.9 Å². The zero-order valence-corrected chi connectivity index (χ0v) is 12.2. The van der Waals surface area contributed by atoms with Crippen molar-refractivity contribution in [2.75, 3.05) is 26.2 Å². The predicted octanol–water partition coefficient (Wildman–Crippen LogP) is 1.12. The number of carbonyl (C=O) groups is 1. The molecule has 1 heterocycles. The number of halogens is 1. The van der Waals surface area contributed by atoms with E-state index in [1.165, 1.54) is 0 Å². The summed E-state index contributed by atoms with van der Waals surface area (Å²) in [6.45, 7) is 3.04. The molecule has 0 aliphatic carbocycles. The Kier molecular flexibility index (Phi) is 5.20. The van der Waals surface area contributed by atoms with Crippen molar-refractivity contribution in [3.8, 4) is 0 Å². The first-order valence-corrected chi connectivity index (χ1v) is 7.11. The third kappa shape index (κ3) is 4.55. The molecule has 0 saturated heterocycles. The third-order valence-electron chi connectivity index (χ3n) is 2.69. The van der Waals surface area contributed by atoms with Crippen LogP contribution in [0.25, 0.3) is 0 Å². The van der Waals surface area contributed by atoms with Gasteiger partial charge in [-0.25, -0.2) is 0 Å². The molecule has 1 aromatic rings. The van der Waals surface area contributed by atoms with Crippen molar-refractivity contribution < 1.29 is 4.79 Å². The van der Waals surface area contributed by atoms with Crippen LogP contribution in [0.15, 0.2) is 33.7 Å². The second-order valence-corrected chi connectivity index (χ2v) is 5.12. The lowest BCUT2D eigenvalue weighted by molar-refractivity contribution is 0.0954. The summed E-state index contributed by atoms with van der Waals surface area (Å²) in [4.78, 5) is 16.1. The van der Waals surface area contributed by atoms with Gasteiger partial charge in [-0.3, -0.25) is 9.79 Å². The predicted molar refractivity (Wildman–Crippen MR) is 79.4 cm³/mol. The summed E-state index contributed by atoms with van der Waals surface area (Å²) in [5.74, 6) is 0.754. The molecule has 0 fully saturated rings. The van der Waals surface area contributed by atoms with Gasteiger partial charge >= 0.3 is 0 Å². The molecule has 0 bridgehead atoms. The van der Waals surface area contributed by atoms with E-state index in [-0.39, 0.29) is 5.91 Å². The van der Waals surface area contributed by atoms with Gasteiger partial charge in [-0.2, -0.15) is 0 Å². The van der Waals surface area contributed by atoms with Crippen LogP contribution in [0, 0.1) is 0 Å². The van der Waals surface area contributed by atoms with Crippen LogP contribution in [-0.2, 0) is 0 Å². The number of carbonyl (C=O) groups excluding carboxylic acids is 1. The van der Waals surface area contributed by atoms with Gasteiger partial charge in [-0.15, -0.1) is 0 Å². The SMILES string of the molecule is O=C(NCCNC1=NCCCN1)c1cccc(Br)c1. The Hall–Kier alpha value is -1.56. The van der Waals surface area contributed by atoms with Gasteiger partial charge in [0.2, 0.25) is 0 Å². The number of benzene rings is 1. The number of guanidine groups is 1. The van der Waals surface area contributed by atoms with Crippen molar-refractivity contribution in [2.24, 2.45) is 4.99 Å². The van der Waals surface area contributed by atoms with E-state index in [1.54, 1.807) is 12.1 Å². The minimum Gasteiger partial charge on any atom is -0.356 e. The van der Waals surface area contributed by atoms with E-state index in [9.17, 15) is 4.79 Å². The van der Waals surface area contributed by atoms with Gasteiger partial charge in [0.05, 0.1) is 0 Å². The Morgan fingerprint density at radius 3 is 3.05 bits per heavy atom. The highest BCUT2D eigenvalue weighted by Crippen LogP contribution is 2.11. The van der Waals surface area contributed by atoms with Crippen LogP contribution in [-0.4, -0.2) is 38.0 Å². The van der Waals surface area contributed by atoms with E-state index in [1.807, 2.05) is 12.1 Å². The lowest BCUT2D eigenvalue weighted by atomic mass is 10.2. The van der Waals surface area contributed by atoms with Crippen LogP contribution in [0.3, 0.4) is 0 Å². The first kappa shape index (κ1) is 13.9. The summed E-state index contributed by atoms with van der Waals surface area (Å²) in [6.07, 6.45) is 1.07. The van der Waals surface area contributed by atoms with Gasteiger partial charge in [0.25, 0.3) is 5.91 Å². The van der Waals surface area contributed by atoms with Gasteiger partial charge in [0.15, 0.2) is 5.96 Å². The lowest BCUT2D eigenvalue weighted by Crippen LogP contribution is -2.43. The number of nitrogens with zero attached hydrogens (tertiary/aromatic N) is 1. The number of hydrogen-bond acceptors (Lipinski definition) is 4. The molecule has 102 valence electrons. The van der Waals surface area contributed by atoms with Crippen LogP contribution in [0.2, 0.25) is 0 Å². The fourth-order valence-corrected chi connectivity index (χ4v) is 2.14. The Labute approximate surface area is 121 Å². The Morgan fingerprint density at radius 1 is 1.42 bits per heavy atom. The summed E-state index contributed by atoms with van der Waals surface area (Å²) in [6, 6.07) is 7.33. The molecule has 1 aliphatic rings. The second-order valence-electron chi connectivity index (χ2n) is 4.20. The molecule has 0 atom stereocenters. The molecule has 6 heteroatoms. The van der Waals surface area contributed by atoms with E-state index in [2.05, 4.69) is 36.9 Å². The van der Waals surface area contributed by atoms with Crippen molar-refractivity contribution in [3.05, 3.63) is 34.3 Å². The molecule has 5 nitrogen and oxygen atoms in total. The van der Waals surface area contributed by atoms with Gasteiger partial charge in [-0.1, -0.05) is 22.0 Å². The minimum absolute atomic E-state index is 0.0679. The first-order chi connectivity index (χ1) is 9.25. The fourth-order valence-electron chi connectivity index (χ4n) is 1.74. The van der Waals surface area contributed by atoms with Crippen molar-refractivity contribution in [2.45, 2.75) is 6.42 Å². The summed E-state index contributed by atoms with van der Waals surface area (Å²) in [5.41, 5.74) is 0.655. The van der Waals surface area contributed by atoms with Gasteiger partial charge in [0.1, 0.15) is 0 Å². The Balaban J connectivity index is 1.70. The average Bonchev–Trinajstić information content (AvgIpc) is 2.44. The Morgan fingerprint density at radius 2 is 2.32 bits per heavy atom. The highest BCUT2D eigenvalue weighted by Gasteiger charge is 2.05. The van der Waals surface area contributed by atoms with Crippen molar-refractivity contribution in [1.82, 2.24) is 16.0 Å². The van der Waals surface area contributed by atoms with E-state index >= 15 is 0 Å². The Bertz CT molecular complexity index is 475. The second kappa shape index (κ2) is 7.13. The summed E-state index contributed by atoms with van der Waals surface area (Å²) in [7, 11) is 0. The zero-order valence-electron chi connectivity index (χ0n) is 10.6. The minimum atomic E-state index is -0.0679. The van der Waals surface area contributed by atoms with E-state index in [4.69, 9.17) is 0 Å². The maximum atomic E-state index is 11.8. The molecular weight excluding hydrogens is 308 g/mol. The maximum Gasteiger partial charge on any atom is 0.251 e. The standard InChI is InChI=1S/C13H17BrN4O/c14-11-4-1-3-10(9-11)12(19)15-7-8-18-13-16-5-2-6-17-13/h1,3-4,9H,2,5-8H2,(H,15,19)(H2,16,17,18). The average molecular weight is 325 g/mol. The maximum absolute atomic E-state index is 11.8. The van der Waals surface area contributed by atoms with E-state index in [0.29, 0.717) is 18.7 Å². The van der Waals surface area contributed by atoms with Crippen molar-refractivity contribution in [1.29, 1.82) is 0 Å². The lowest BCUT2D eigenvalue weighted by Gasteiger charge is -2.16. The molecule has 2 rings (SSSR count). The number of aliphatic imine (C=N–C) groups is 1. The number of amides is 1. The normalized spacial score (nSPS) is 14.3. The van der Waals surface area contributed by atoms with Gasteiger partial charge in [-0.05, 0) is 24.6 Å². The molecule has 0 spiro atoms. The van der Waals surface area contributed by atoms with Crippen molar-refractivity contribution in [3.63, 3.8) is 0 Å². The topological polar surface area (TPSA) is 65.5 Å². The smallest absolute Gasteiger partial charge is 0.251 e. The van der Waals surface area contributed by atoms with Crippen LogP contribution in [0.1, 0.15) is 16.8 Å². The summed E-state index contributed by atoms with van der Waals surface area (Å²) >= 11 is 3.35. The monoisotopic (exact) mass is 324 g/mol. The molecule has 1 aliphatic heterocycles. The largest absolute Gasteiger partial charge is 0.356 e. The van der Waals surface area contributed by atoms with Crippen LogP contribution in [0.4, 0.5) is 0 Å². The van der Waals surface area contributed by atoms with Crippen molar-refractivity contribution >= 4 is 27.8 Å². The fraction of sp³-hybridized carbons (Fsp3) is 0.385. The van der Waals surface area contributed by atoms with Gasteiger partial charge < -0.3 is 16.0 Å². The molecule has 0 aromatic heterocycles. The highest BCUT2D eigenvalue weighted by atomic mass is 79.9. The molecule has 1 aromatic carbocycles. The first-order valence-electron chi connectivity index (χ1n) is 6.31.